The number of carbonyl (C=O) groups is 4. The number of ketones is 1. The van der Waals surface area contributed by atoms with Gasteiger partial charge in [-0.15, -0.1) is 33.3 Å². The third-order valence-electron chi connectivity index (χ3n) is 9.12. The van der Waals surface area contributed by atoms with E-state index in [0.29, 0.717) is 29.0 Å². The van der Waals surface area contributed by atoms with Crippen molar-refractivity contribution in [2.75, 3.05) is 44.2 Å². The number of likely N-dealkylation sites (tertiary alicyclic amines) is 1. The molecule has 2 amide bonds. The number of nitrogens with two attached hydrogens (primary N) is 1. The van der Waals surface area contributed by atoms with Crippen molar-refractivity contribution in [2.24, 2.45) is 11.1 Å². The Hall–Kier alpha value is -4.50. The molecule has 18 nitrogen and oxygen atoms in total. The fourth-order valence-electron chi connectivity index (χ4n) is 6.47. The topological polar surface area (TPSA) is 259 Å². The molecule has 1 aromatic carbocycles. The van der Waals surface area contributed by atoms with Crippen LogP contribution in [-0.4, -0.2) is 130 Å². The number of H-pyrrole nitrogens is 1. The van der Waals surface area contributed by atoms with E-state index in [2.05, 4.69) is 36.1 Å². The number of rotatable bonds is 14. The second kappa shape index (κ2) is 15.2. The number of carboxylic acid groups (broad SMARTS) is 1. The molecule has 3 aliphatic heterocycles. The summed E-state index contributed by atoms with van der Waals surface area (Å²) in [6, 6.07) is 1.19. The number of aromatic hydroxyl groups is 2. The Kier molecular flexibility index (Phi) is 10.9. The lowest BCUT2D eigenvalue weighted by Crippen LogP contribution is -2.61. The molecule has 2 aromatic heterocycles. The van der Waals surface area contributed by atoms with Crippen molar-refractivity contribution in [2.45, 2.75) is 37.7 Å². The Balaban J connectivity index is 1.19. The summed E-state index contributed by atoms with van der Waals surface area (Å²) in [6.45, 7) is 4.22. The summed E-state index contributed by atoms with van der Waals surface area (Å²) >= 11 is 14.6. The summed E-state index contributed by atoms with van der Waals surface area (Å²) in [5.74, 6) is -4.02. The first-order valence-electron chi connectivity index (χ1n) is 15.9. The van der Waals surface area contributed by atoms with E-state index in [1.54, 1.807) is 4.90 Å². The highest BCUT2D eigenvalue weighted by Crippen LogP contribution is 2.48. The molecule has 0 bridgehead atoms. The largest absolute Gasteiger partial charge is 0.503 e. The number of carboxylic acids is 1. The van der Waals surface area contributed by atoms with E-state index < -0.39 is 46.6 Å². The number of halogens is 2. The number of fused-ring (bicyclic) bond motifs is 1. The summed E-state index contributed by atoms with van der Waals surface area (Å²) in [6.07, 6.45) is 0.339. The van der Waals surface area contributed by atoms with Crippen molar-refractivity contribution in [1.82, 2.24) is 35.8 Å². The highest BCUT2D eigenvalue weighted by Gasteiger charge is 2.54. The number of thioether (sulfide) groups is 1. The van der Waals surface area contributed by atoms with Crippen LogP contribution in [0.4, 0.5) is 5.13 Å². The highest BCUT2D eigenvalue weighted by molar-refractivity contribution is 8.00. The number of thiazole rings is 1. The monoisotopic (exact) mass is 795 g/mol. The third kappa shape index (κ3) is 7.38. The van der Waals surface area contributed by atoms with E-state index in [4.69, 9.17) is 33.8 Å². The Morgan fingerprint density at radius 2 is 2.00 bits per heavy atom. The zero-order chi connectivity index (χ0) is 37.3. The molecule has 276 valence electrons. The summed E-state index contributed by atoms with van der Waals surface area (Å²) < 4.78 is 0.604. The first-order chi connectivity index (χ1) is 24.8. The summed E-state index contributed by atoms with van der Waals surface area (Å²) in [7, 11) is 0. The molecule has 22 heteroatoms. The number of quaternary nitrogens is 1. The van der Waals surface area contributed by atoms with E-state index >= 15 is 0 Å². The van der Waals surface area contributed by atoms with Crippen LogP contribution in [0.1, 0.15) is 48.1 Å². The number of aromatic amines is 1. The molecule has 6 rings (SSSR count). The van der Waals surface area contributed by atoms with Crippen LogP contribution in [0, 0.1) is 5.92 Å². The van der Waals surface area contributed by atoms with Crippen LogP contribution in [0.25, 0.3) is 5.70 Å². The average Bonchev–Trinajstić information content (AvgIpc) is 3.91. The van der Waals surface area contributed by atoms with Crippen LogP contribution in [0.2, 0.25) is 10.0 Å². The number of β-lactam (4-membered cyclic amide) rings is 1. The fourth-order valence-corrected chi connectivity index (χ4v) is 8.84. The fraction of sp³-hybridized carbons (Fsp3) is 0.433. The number of hydrogen-bond acceptors (Lipinski definition) is 15. The number of tetrazole rings is 1. The van der Waals surface area contributed by atoms with Crippen LogP contribution in [0.5, 0.6) is 11.5 Å². The van der Waals surface area contributed by atoms with Gasteiger partial charge in [0.25, 0.3) is 5.91 Å². The molecule has 0 aliphatic carbocycles. The maximum absolute atomic E-state index is 13.8. The maximum atomic E-state index is 13.8. The average molecular weight is 797 g/mol. The molecule has 3 aliphatic rings. The predicted octanol–water partition coefficient (Wildman–Crippen LogP) is 2.09. The molecule has 0 saturated carbocycles. The van der Waals surface area contributed by atoms with Crippen molar-refractivity contribution >= 4 is 86.4 Å². The zero-order valence-corrected chi connectivity index (χ0v) is 30.6. The number of aliphatic carboxylic acids is 1. The van der Waals surface area contributed by atoms with Crippen LogP contribution in [0.15, 0.2) is 22.2 Å². The van der Waals surface area contributed by atoms with Gasteiger partial charge >= 0.3 is 5.97 Å². The van der Waals surface area contributed by atoms with Crippen LogP contribution in [0.3, 0.4) is 0 Å². The van der Waals surface area contributed by atoms with Gasteiger partial charge in [0, 0.05) is 36.0 Å². The van der Waals surface area contributed by atoms with Gasteiger partial charge in [0.15, 0.2) is 28.1 Å². The zero-order valence-electron chi connectivity index (χ0n) is 27.4. The lowest BCUT2D eigenvalue weighted by Gasteiger charge is -2.50. The van der Waals surface area contributed by atoms with Gasteiger partial charge in [-0.3, -0.25) is 19.3 Å². The summed E-state index contributed by atoms with van der Waals surface area (Å²) in [5.41, 5.74) is 6.99. The number of nitrogen functional groups attached to an aromatic ring is 1. The highest BCUT2D eigenvalue weighted by atomic mass is 35.5. The van der Waals surface area contributed by atoms with Gasteiger partial charge in [0.05, 0.1) is 58.8 Å². The molecular weight excluding hydrogens is 763 g/mol. The first kappa shape index (κ1) is 37.3. The SMILES string of the molecule is C[C@H](O/N=C(\C(=O)C[C@@H]1C(=O)N2C(c3nn[nH]n3)=C(C[N+]3(CCNC(=O)c4cc(Cl)c(O)c(O)c4Cl)CCCC3)CS[C@H]12)c1csc(N)n1)C(=O)O. The minimum absolute atomic E-state index is 0.0763. The molecule has 3 atom stereocenters. The number of phenols is 2. The van der Waals surface area contributed by atoms with E-state index in [0.717, 1.165) is 42.8 Å². The van der Waals surface area contributed by atoms with Crippen molar-refractivity contribution in [3.05, 3.63) is 44.1 Å². The number of nitrogens with zero attached hydrogens (tertiary/aromatic N) is 7. The Morgan fingerprint density at radius 1 is 1.25 bits per heavy atom. The molecule has 0 spiro atoms. The molecule has 2 fully saturated rings. The number of amides is 2. The van der Waals surface area contributed by atoms with Crippen molar-refractivity contribution in [3.63, 3.8) is 0 Å². The number of oxime groups is 1. The Morgan fingerprint density at radius 3 is 2.65 bits per heavy atom. The number of benzene rings is 1. The van der Waals surface area contributed by atoms with Crippen LogP contribution in [-0.2, 0) is 19.2 Å². The molecule has 3 aromatic rings. The number of carbonyl (C=O) groups excluding carboxylic acids is 3. The normalized spacial score (nSPS) is 20.3. The molecule has 0 radical (unpaired) electrons. The van der Waals surface area contributed by atoms with Gasteiger partial charge < -0.3 is 35.7 Å². The quantitative estimate of drug-likeness (QED) is 0.0449. The lowest BCUT2D eigenvalue weighted by atomic mass is 9.89. The molecule has 52 heavy (non-hydrogen) atoms. The number of phenolic OH excluding ortho intramolecular Hbond substituents is 2. The van der Waals surface area contributed by atoms with Gasteiger partial charge in [-0.25, -0.2) is 9.78 Å². The standard InChI is InChI=1S/C30H32Cl2N10O8S2/c1-13(29(48)49)50-38-21(18-12-52-30(33)35-18)19(43)9-16-27(47)41-22(25-36-39-40-37-25)14(11-51-28(16)41)10-42(5-2-3-6-42)7-4-34-26(46)15-8-17(31)23(44)24(45)20(15)32/h8,12-13,16,28H,2-7,9-11H2,1H3,(H6-,33,34,35,36,37,38,39,40,43,44,45,46,48,49)/p+1/t13-,16+,28+/m0/s1. The third-order valence-corrected chi connectivity index (χ3v) is 11.9. The number of nitrogens with one attached hydrogen (secondary N) is 2. The molecule has 5 heterocycles. The van der Waals surface area contributed by atoms with E-state index in [1.165, 1.54) is 30.1 Å². The predicted molar refractivity (Wildman–Crippen MR) is 190 cm³/mol. The smallest absolute Gasteiger partial charge is 0.347 e. The Bertz CT molecular complexity index is 1970. The Labute approximate surface area is 313 Å². The summed E-state index contributed by atoms with van der Waals surface area (Å²) in [4.78, 5) is 62.4. The number of aromatic nitrogens is 5. The van der Waals surface area contributed by atoms with Crippen molar-refractivity contribution in [1.29, 1.82) is 0 Å². The first-order valence-corrected chi connectivity index (χ1v) is 18.6. The minimum Gasteiger partial charge on any atom is -0.503 e. The number of anilines is 1. The molecule has 0 unspecified atom stereocenters. The van der Waals surface area contributed by atoms with E-state index in [-0.39, 0.29) is 56.8 Å². The minimum atomic E-state index is -1.33. The summed E-state index contributed by atoms with van der Waals surface area (Å²) in [5, 5.41) is 51.0. The van der Waals surface area contributed by atoms with E-state index in [1.807, 2.05) is 0 Å². The van der Waals surface area contributed by atoms with Crippen molar-refractivity contribution < 1.29 is 43.8 Å². The molecular formula is C30H33Cl2N10O8S2+. The lowest BCUT2D eigenvalue weighted by molar-refractivity contribution is -0.911. The number of hydrogen-bond donors (Lipinski definition) is 6. The van der Waals surface area contributed by atoms with Crippen LogP contribution >= 0.6 is 46.3 Å². The second-order valence-corrected chi connectivity index (χ2v) is 15.3. The van der Waals surface area contributed by atoms with E-state index in [9.17, 15) is 34.5 Å². The van der Waals surface area contributed by atoms with Gasteiger partial charge in [-0.1, -0.05) is 28.4 Å². The molecule has 2 saturated heterocycles. The molecule has 7 N–H and O–H groups in total. The van der Waals surface area contributed by atoms with Gasteiger partial charge in [0.2, 0.25) is 17.8 Å². The van der Waals surface area contributed by atoms with Gasteiger partial charge in [-0.2, -0.15) is 5.21 Å². The number of Topliss-reactive ketones (excluding diaryl/α,β-unsaturated/α-hetero) is 1. The van der Waals surface area contributed by atoms with Crippen LogP contribution < -0.4 is 11.1 Å². The maximum Gasteiger partial charge on any atom is 0.347 e. The van der Waals surface area contributed by atoms with Crippen molar-refractivity contribution in [3.8, 4) is 11.5 Å². The van der Waals surface area contributed by atoms with Gasteiger partial charge in [-0.05, 0) is 18.2 Å². The second-order valence-electron chi connectivity index (χ2n) is 12.5. The van der Waals surface area contributed by atoms with Gasteiger partial charge in [0.1, 0.15) is 12.2 Å².